The van der Waals surface area contributed by atoms with Gasteiger partial charge < -0.3 is 9.84 Å². The predicted molar refractivity (Wildman–Crippen MR) is 43.7 cm³/mol. The molecule has 0 unspecified atom stereocenters. The minimum atomic E-state index is -0.645. The summed E-state index contributed by atoms with van der Waals surface area (Å²) in [5.74, 6) is -0.276. The zero-order valence-corrected chi connectivity index (χ0v) is 7.70. The van der Waals surface area contributed by atoms with Gasteiger partial charge in [0, 0.05) is 13.0 Å². The van der Waals surface area contributed by atoms with Crippen molar-refractivity contribution in [1.82, 2.24) is 4.90 Å². The van der Waals surface area contributed by atoms with E-state index in [4.69, 9.17) is 0 Å². The van der Waals surface area contributed by atoms with Gasteiger partial charge in [-0.05, 0) is 14.0 Å². The lowest BCUT2D eigenvalue weighted by Gasteiger charge is -2.28. The average Bonchev–Trinajstić information content (AvgIpc) is 2.26. The molecule has 0 aliphatic carbocycles. The van der Waals surface area contributed by atoms with Crippen LogP contribution in [0, 0.1) is 0 Å². The highest BCUT2D eigenvalue weighted by atomic mass is 16.5. The van der Waals surface area contributed by atoms with Crippen molar-refractivity contribution in [3.05, 3.63) is 0 Å². The number of β-amino-alcohol motifs (C(OH)–C–C–N with tert-alkyl or cyclic N) is 1. The molecule has 0 aromatic carbocycles. The van der Waals surface area contributed by atoms with Gasteiger partial charge in [-0.15, -0.1) is 0 Å². The van der Waals surface area contributed by atoms with Crippen LogP contribution in [0.4, 0.5) is 0 Å². The van der Waals surface area contributed by atoms with Crippen molar-refractivity contribution in [2.24, 2.45) is 0 Å². The number of hydrogen-bond donors (Lipinski definition) is 1. The SMILES string of the molecule is COC(=O)[C@]1(C)C[C@@H](O)CN1C. The molecule has 1 aliphatic rings. The lowest BCUT2D eigenvalue weighted by molar-refractivity contribution is -0.151. The molecule has 0 aromatic rings. The predicted octanol–water partition coefficient (Wildman–Crippen LogP) is -0.386. The van der Waals surface area contributed by atoms with Crippen LogP contribution in [0.5, 0.6) is 0 Å². The lowest BCUT2D eigenvalue weighted by atomic mass is 9.99. The minimum absolute atomic E-state index is 0.276. The van der Waals surface area contributed by atoms with Gasteiger partial charge >= 0.3 is 5.97 Å². The van der Waals surface area contributed by atoms with E-state index in [1.54, 1.807) is 6.92 Å². The van der Waals surface area contributed by atoms with E-state index in [9.17, 15) is 9.90 Å². The highest BCUT2D eigenvalue weighted by molar-refractivity contribution is 5.80. The Morgan fingerprint density at radius 3 is 2.67 bits per heavy atom. The molecule has 1 rings (SSSR count). The van der Waals surface area contributed by atoms with Crippen molar-refractivity contribution in [1.29, 1.82) is 0 Å². The number of carbonyl (C=O) groups excluding carboxylic acids is 1. The van der Waals surface area contributed by atoms with E-state index in [-0.39, 0.29) is 5.97 Å². The number of aliphatic hydroxyl groups is 1. The number of aliphatic hydroxyl groups excluding tert-OH is 1. The molecule has 1 aliphatic heterocycles. The van der Waals surface area contributed by atoms with Crippen LogP contribution in [-0.4, -0.2) is 48.3 Å². The third kappa shape index (κ3) is 1.32. The van der Waals surface area contributed by atoms with Gasteiger partial charge in [-0.3, -0.25) is 9.69 Å². The largest absolute Gasteiger partial charge is 0.468 e. The third-order valence-corrected chi connectivity index (χ3v) is 2.59. The summed E-state index contributed by atoms with van der Waals surface area (Å²) in [4.78, 5) is 13.1. The van der Waals surface area contributed by atoms with E-state index < -0.39 is 11.6 Å². The van der Waals surface area contributed by atoms with Crippen LogP contribution < -0.4 is 0 Å². The Morgan fingerprint density at radius 1 is 1.75 bits per heavy atom. The first-order valence-electron chi connectivity index (χ1n) is 3.98. The Balaban J connectivity index is 2.77. The van der Waals surface area contributed by atoms with Crippen LogP contribution in [0.1, 0.15) is 13.3 Å². The monoisotopic (exact) mass is 173 g/mol. The molecule has 0 spiro atoms. The first kappa shape index (κ1) is 9.48. The molecule has 0 saturated carbocycles. The average molecular weight is 173 g/mol. The maximum absolute atomic E-state index is 11.3. The Kier molecular flexibility index (Phi) is 2.39. The third-order valence-electron chi connectivity index (χ3n) is 2.59. The van der Waals surface area contributed by atoms with Crippen molar-refractivity contribution in [2.75, 3.05) is 20.7 Å². The van der Waals surface area contributed by atoms with Crippen LogP contribution in [0.3, 0.4) is 0 Å². The van der Waals surface area contributed by atoms with Crippen molar-refractivity contribution in [3.8, 4) is 0 Å². The molecule has 12 heavy (non-hydrogen) atoms. The zero-order valence-electron chi connectivity index (χ0n) is 7.70. The molecular weight excluding hydrogens is 158 g/mol. The van der Waals surface area contributed by atoms with Crippen LogP contribution in [0.2, 0.25) is 0 Å². The molecule has 0 radical (unpaired) electrons. The van der Waals surface area contributed by atoms with E-state index in [0.717, 1.165) is 0 Å². The van der Waals surface area contributed by atoms with Crippen molar-refractivity contribution >= 4 is 5.97 Å². The molecule has 0 bridgehead atoms. The Hall–Kier alpha value is -0.610. The van der Waals surface area contributed by atoms with E-state index in [1.165, 1.54) is 7.11 Å². The Bertz CT molecular complexity index is 195. The summed E-state index contributed by atoms with van der Waals surface area (Å²) in [5, 5.41) is 9.33. The standard InChI is InChI=1S/C8H15NO3/c1-8(7(11)12-3)4-6(10)5-9(8)2/h6,10H,4-5H2,1-3H3/t6-,8+/m1/s1. The summed E-state index contributed by atoms with van der Waals surface area (Å²) >= 11 is 0. The van der Waals surface area contributed by atoms with Gasteiger partial charge in [0.05, 0.1) is 13.2 Å². The number of carbonyl (C=O) groups is 1. The number of ether oxygens (including phenoxy) is 1. The van der Waals surface area contributed by atoms with Gasteiger partial charge in [0.15, 0.2) is 0 Å². The zero-order chi connectivity index (χ0) is 9.35. The fourth-order valence-corrected chi connectivity index (χ4v) is 1.66. The lowest BCUT2D eigenvalue weighted by Crippen LogP contribution is -2.46. The number of nitrogens with zero attached hydrogens (tertiary/aromatic N) is 1. The number of likely N-dealkylation sites (N-methyl/N-ethyl adjacent to an activating group) is 1. The smallest absolute Gasteiger partial charge is 0.326 e. The van der Waals surface area contributed by atoms with Crippen LogP contribution in [-0.2, 0) is 9.53 Å². The van der Waals surface area contributed by atoms with Gasteiger partial charge in [0.25, 0.3) is 0 Å². The topological polar surface area (TPSA) is 49.8 Å². The molecule has 4 heteroatoms. The highest BCUT2D eigenvalue weighted by Gasteiger charge is 2.46. The second-order valence-electron chi connectivity index (χ2n) is 3.50. The molecule has 1 fully saturated rings. The van der Waals surface area contributed by atoms with Gasteiger partial charge in [0.1, 0.15) is 5.54 Å². The fraction of sp³-hybridized carbons (Fsp3) is 0.875. The number of likely N-dealkylation sites (tertiary alicyclic amines) is 1. The summed E-state index contributed by atoms with van der Waals surface area (Å²) in [5.41, 5.74) is -0.645. The van der Waals surface area contributed by atoms with Gasteiger partial charge in [-0.1, -0.05) is 0 Å². The van der Waals surface area contributed by atoms with Gasteiger partial charge in [-0.25, -0.2) is 0 Å². The van der Waals surface area contributed by atoms with Crippen LogP contribution >= 0.6 is 0 Å². The molecule has 4 nitrogen and oxygen atoms in total. The first-order valence-corrected chi connectivity index (χ1v) is 3.98. The molecule has 0 aromatic heterocycles. The summed E-state index contributed by atoms with van der Waals surface area (Å²) in [6, 6.07) is 0. The summed E-state index contributed by atoms with van der Waals surface area (Å²) in [6.45, 7) is 2.32. The van der Waals surface area contributed by atoms with Gasteiger partial charge in [0.2, 0.25) is 0 Å². The Labute approximate surface area is 72.1 Å². The normalized spacial score (nSPS) is 36.8. The second-order valence-corrected chi connectivity index (χ2v) is 3.50. The molecule has 1 heterocycles. The first-order chi connectivity index (χ1) is 5.50. The minimum Gasteiger partial charge on any atom is -0.468 e. The number of hydrogen-bond acceptors (Lipinski definition) is 4. The molecular formula is C8H15NO3. The van der Waals surface area contributed by atoms with E-state index in [0.29, 0.717) is 13.0 Å². The molecule has 1 N–H and O–H groups in total. The van der Waals surface area contributed by atoms with E-state index >= 15 is 0 Å². The molecule has 70 valence electrons. The summed E-state index contributed by atoms with van der Waals surface area (Å²) in [6.07, 6.45) is 0.0370. The molecule has 0 amide bonds. The summed E-state index contributed by atoms with van der Waals surface area (Å²) < 4.78 is 4.66. The number of methoxy groups -OCH3 is 1. The van der Waals surface area contributed by atoms with Gasteiger partial charge in [-0.2, -0.15) is 0 Å². The number of rotatable bonds is 1. The summed E-state index contributed by atoms with van der Waals surface area (Å²) in [7, 11) is 3.18. The van der Waals surface area contributed by atoms with Crippen LogP contribution in [0.15, 0.2) is 0 Å². The molecule has 1 saturated heterocycles. The van der Waals surface area contributed by atoms with E-state index in [2.05, 4.69) is 4.74 Å². The second kappa shape index (κ2) is 3.03. The maximum atomic E-state index is 11.3. The van der Waals surface area contributed by atoms with Crippen molar-refractivity contribution < 1.29 is 14.6 Å². The number of esters is 1. The Morgan fingerprint density at radius 2 is 2.33 bits per heavy atom. The molecule has 2 atom stereocenters. The fourth-order valence-electron chi connectivity index (χ4n) is 1.66. The van der Waals surface area contributed by atoms with E-state index in [1.807, 2.05) is 11.9 Å². The van der Waals surface area contributed by atoms with Crippen molar-refractivity contribution in [2.45, 2.75) is 25.0 Å². The van der Waals surface area contributed by atoms with Crippen LogP contribution in [0.25, 0.3) is 0 Å². The quantitative estimate of drug-likeness (QED) is 0.549. The highest BCUT2D eigenvalue weighted by Crippen LogP contribution is 2.28. The van der Waals surface area contributed by atoms with Crippen molar-refractivity contribution in [3.63, 3.8) is 0 Å². The maximum Gasteiger partial charge on any atom is 0.326 e.